The van der Waals surface area contributed by atoms with Crippen LogP contribution in [0, 0.1) is 11.8 Å². The van der Waals surface area contributed by atoms with Crippen LogP contribution in [-0.2, 0) is 9.59 Å². The normalized spacial score (nSPS) is 20.7. The van der Waals surface area contributed by atoms with Gasteiger partial charge >= 0.3 is 5.97 Å². The summed E-state index contributed by atoms with van der Waals surface area (Å²) in [5.74, 6) is 1.83. The van der Waals surface area contributed by atoms with Gasteiger partial charge in [-0.15, -0.1) is 0 Å². The molecule has 478 valence electrons. The van der Waals surface area contributed by atoms with Crippen molar-refractivity contribution in [3.8, 4) is 28.7 Å². The predicted octanol–water partition coefficient (Wildman–Crippen LogP) is 18.0. The average molecular weight is 1440 g/mol. The topological polar surface area (TPSA) is 153 Å². The maximum atomic E-state index is 13.6. The van der Waals surface area contributed by atoms with Crippen molar-refractivity contribution in [3.05, 3.63) is 131 Å². The number of likely N-dealkylation sites (tertiary alicyclic amines) is 1. The molecule has 20 heteroatoms. The van der Waals surface area contributed by atoms with Gasteiger partial charge in [-0.05, 0) is 207 Å². The molecule has 4 N–H and O–H groups in total. The van der Waals surface area contributed by atoms with Gasteiger partial charge < -0.3 is 54.3 Å². The molecule has 0 aromatic heterocycles. The summed E-state index contributed by atoms with van der Waals surface area (Å²) >= 11 is 37.5. The van der Waals surface area contributed by atoms with Crippen LogP contribution in [0.15, 0.2) is 99.9 Å². The summed E-state index contributed by atoms with van der Waals surface area (Å²) in [5, 5.41) is 35.6. The molecule has 7 aliphatic rings. The van der Waals surface area contributed by atoms with Crippen LogP contribution in [0.25, 0.3) is 0 Å². The fraction of sp³-hybridized carbons (Fsp3) is 0.529. The summed E-state index contributed by atoms with van der Waals surface area (Å²) in [7, 11) is 0. The van der Waals surface area contributed by atoms with Crippen molar-refractivity contribution in [1.82, 2.24) is 10.2 Å². The van der Waals surface area contributed by atoms with Crippen LogP contribution in [0.2, 0.25) is 25.1 Å². The number of phenolic OH excluding ortho intramolecular Hbond substituents is 1. The molecule has 13 nitrogen and oxygen atoms in total. The first-order valence-corrected chi connectivity index (χ1v) is 35.1. The molecular weight excluding hydrogens is 1350 g/mol. The van der Waals surface area contributed by atoms with Crippen LogP contribution in [0.5, 0.6) is 28.7 Å². The number of hydrogen-bond donors (Lipinski definition) is 4. The highest BCUT2D eigenvalue weighted by Gasteiger charge is 2.35. The number of halogens is 7. The number of carbonyl (C=O) groups excluding carboxylic acids is 1. The molecule has 4 aliphatic carbocycles. The van der Waals surface area contributed by atoms with Crippen molar-refractivity contribution in [2.45, 2.75) is 171 Å². The molecule has 3 aliphatic heterocycles. The Morgan fingerprint density at radius 2 is 0.932 bits per heavy atom. The summed E-state index contributed by atoms with van der Waals surface area (Å²) < 4.78 is 26.0. The zero-order valence-electron chi connectivity index (χ0n) is 49.9. The molecule has 3 heterocycles. The number of amides is 1. The van der Waals surface area contributed by atoms with E-state index < -0.39 is 18.1 Å². The third-order valence-corrected chi connectivity index (χ3v) is 20.0. The Labute approximate surface area is 561 Å². The van der Waals surface area contributed by atoms with Crippen molar-refractivity contribution in [2.24, 2.45) is 11.8 Å². The van der Waals surface area contributed by atoms with Gasteiger partial charge in [0.2, 0.25) is 5.91 Å². The van der Waals surface area contributed by atoms with Crippen molar-refractivity contribution >= 4 is 113 Å². The standard InChI is InChI=1S/C33H43Cl2N3O4.C17H22ClNO3.C12H14BrClO.C6H4BrClO/c34-27-12-9-24(19-31(27)42-25-6-2-1-3-7-25)38-17-14-23(20-38)33(40)36-29(21-37-15-4-5-16-37)32(39)22-8-13-30(28(35)18-22)41-26-10-11-26;18-15-7-6-13(19-9-8-12(11-19)17(20)21)10-16(15)22-14-4-2-1-3-5-14;13-9-6-7-11(14)12(8-9)15-10-4-2-1-3-5-10;7-4-1-2-5(8)6(9)3-4/h8-9,12-13,18-19,23,25-26,29,32,39H,1-7,10-11,14-17,20-21H2,(H,36,40);6-7,10,12,14H,1-5,8-9,11H2,(H,20,21);6-8,10H,1-5H2;1-3,9H/t23-,29-,32-;12-;;/m11../s1. The van der Waals surface area contributed by atoms with E-state index in [0.29, 0.717) is 68.6 Å². The fourth-order valence-corrected chi connectivity index (χ4v) is 13.8. The van der Waals surface area contributed by atoms with Crippen molar-refractivity contribution in [2.75, 3.05) is 55.6 Å². The second-order valence-electron chi connectivity index (χ2n) is 24.3. The van der Waals surface area contributed by atoms with Gasteiger partial charge in [-0.1, -0.05) is 115 Å². The van der Waals surface area contributed by atoms with Crippen LogP contribution in [0.4, 0.5) is 11.4 Å². The summed E-state index contributed by atoms with van der Waals surface area (Å²) in [5.41, 5.74) is 2.71. The Balaban J connectivity index is 0.000000165. The smallest absolute Gasteiger partial charge is 0.308 e. The first-order valence-electron chi connectivity index (χ1n) is 31.6. The van der Waals surface area contributed by atoms with Crippen molar-refractivity contribution in [1.29, 1.82) is 0 Å². The van der Waals surface area contributed by atoms with Gasteiger partial charge in [0.05, 0.1) is 67.4 Å². The number of carboxylic acids is 1. The number of aliphatic hydroxyl groups is 1. The molecule has 1 amide bonds. The Kier molecular flexibility index (Phi) is 26.4. The first-order chi connectivity index (χ1) is 42.5. The molecule has 3 saturated heterocycles. The van der Waals surface area contributed by atoms with Gasteiger partial charge in [-0.3, -0.25) is 9.59 Å². The molecule has 7 fully saturated rings. The fourth-order valence-electron chi connectivity index (χ4n) is 12.3. The Hall–Kier alpha value is -4.03. The molecule has 12 rings (SSSR count). The summed E-state index contributed by atoms with van der Waals surface area (Å²) in [6.45, 7) is 5.27. The molecular formula is C68H83Br2Cl5N4O9. The Morgan fingerprint density at radius 1 is 0.489 bits per heavy atom. The maximum Gasteiger partial charge on any atom is 0.308 e. The number of rotatable bonds is 17. The van der Waals surface area contributed by atoms with Crippen molar-refractivity contribution < 1.29 is 43.9 Å². The number of hydrogen-bond acceptors (Lipinski definition) is 11. The lowest BCUT2D eigenvalue weighted by molar-refractivity contribution is -0.141. The molecule has 0 radical (unpaired) electrons. The lowest BCUT2D eigenvalue weighted by Crippen LogP contribution is -2.48. The van der Waals surface area contributed by atoms with Crippen LogP contribution in [-0.4, -0.2) is 108 Å². The average Bonchev–Trinajstić information content (AvgIpc) is 2.82. The van der Waals surface area contributed by atoms with Gasteiger partial charge in [-0.2, -0.15) is 0 Å². The van der Waals surface area contributed by atoms with E-state index in [0.717, 1.165) is 134 Å². The van der Waals surface area contributed by atoms with Gasteiger partial charge in [-0.25, -0.2) is 0 Å². The highest BCUT2D eigenvalue weighted by Crippen LogP contribution is 2.39. The summed E-state index contributed by atoms with van der Waals surface area (Å²) in [4.78, 5) is 31.4. The van der Waals surface area contributed by atoms with E-state index in [-0.39, 0.29) is 41.8 Å². The Bertz CT molecular complexity index is 3070. The third kappa shape index (κ3) is 20.7. The number of carbonyl (C=O) groups is 2. The van der Waals surface area contributed by atoms with E-state index in [1.165, 1.54) is 57.8 Å². The first kappa shape index (κ1) is 68.3. The van der Waals surface area contributed by atoms with E-state index in [1.54, 1.807) is 24.3 Å². The maximum absolute atomic E-state index is 13.6. The van der Waals surface area contributed by atoms with Crippen LogP contribution >= 0.6 is 89.9 Å². The van der Waals surface area contributed by atoms with Crippen LogP contribution < -0.4 is 34.1 Å². The lowest BCUT2D eigenvalue weighted by atomic mass is 9.98. The number of benzene rings is 5. The minimum Gasteiger partial charge on any atom is -0.506 e. The number of anilines is 2. The van der Waals surface area contributed by atoms with Gasteiger partial charge in [0.15, 0.2) is 0 Å². The molecule has 0 bridgehead atoms. The number of carboxylic acid groups (broad SMARTS) is 1. The number of nitrogens with one attached hydrogen (secondary N) is 1. The molecule has 4 atom stereocenters. The quantitative estimate of drug-likeness (QED) is 0.0701. The Morgan fingerprint density at radius 3 is 1.40 bits per heavy atom. The highest BCUT2D eigenvalue weighted by molar-refractivity contribution is 9.10. The SMILES string of the molecule is Clc1ccc(Br)cc1OC1CCCCC1.O=C(N[C@H](CN1CCCC1)[C@H](O)c1ccc(OC2CC2)c(Cl)c1)[C@@H]1CCN(c2ccc(Cl)c(OC3CCCCC3)c2)C1.O=C(O)[C@@H]1CCN(c2ccc(Cl)c(OC3CCCCC3)c2)C1.Oc1cc(Br)ccc1Cl. The van der Waals surface area contributed by atoms with Crippen molar-refractivity contribution in [3.63, 3.8) is 0 Å². The second-order valence-corrected chi connectivity index (χ2v) is 28.2. The van der Waals surface area contributed by atoms with E-state index in [4.69, 9.17) is 87.2 Å². The van der Waals surface area contributed by atoms with Gasteiger partial charge in [0.1, 0.15) is 34.9 Å². The zero-order valence-corrected chi connectivity index (χ0v) is 56.8. The van der Waals surface area contributed by atoms with Gasteiger partial charge in [0.25, 0.3) is 0 Å². The number of ether oxygens (including phenoxy) is 4. The molecule has 5 aromatic rings. The van der Waals surface area contributed by atoms with E-state index in [9.17, 15) is 14.7 Å². The largest absolute Gasteiger partial charge is 0.506 e. The summed E-state index contributed by atoms with van der Waals surface area (Å²) in [6.07, 6.45) is 23.9. The highest BCUT2D eigenvalue weighted by atomic mass is 79.9. The lowest BCUT2D eigenvalue weighted by Gasteiger charge is -2.30. The molecule has 0 unspecified atom stereocenters. The molecule has 0 spiro atoms. The van der Waals surface area contributed by atoms with E-state index in [2.05, 4.69) is 51.9 Å². The number of nitrogens with zero attached hydrogens (tertiary/aromatic N) is 3. The summed E-state index contributed by atoms with van der Waals surface area (Å²) in [6, 6.07) is 27.4. The van der Waals surface area contributed by atoms with E-state index >= 15 is 0 Å². The second kappa shape index (κ2) is 34.0. The molecule has 88 heavy (non-hydrogen) atoms. The number of aromatic hydroxyl groups is 1. The molecule has 4 saturated carbocycles. The van der Waals surface area contributed by atoms with Crippen LogP contribution in [0.1, 0.15) is 147 Å². The van der Waals surface area contributed by atoms with E-state index in [1.807, 2.05) is 66.7 Å². The zero-order chi connectivity index (χ0) is 62.1. The number of phenols is 1. The minimum absolute atomic E-state index is 0.0202. The number of aliphatic carboxylic acids is 1. The number of aliphatic hydroxyl groups excluding tert-OH is 1. The predicted molar refractivity (Wildman–Crippen MR) is 361 cm³/mol. The third-order valence-electron chi connectivity index (χ3n) is 17.5. The van der Waals surface area contributed by atoms with Crippen LogP contribution in [0.3, 0.4) is 0 Å². The monoisotopic (exact) mass is 1430 g/mol. The molecule has 5 aromatic carbocycles. The van der Waals surface area contributed by atoms with Gasteiger partial charge in [0, 0.05) is 65.2 Å². The minimum atomic E-state index is -0.879.